The van der Waals surface area contributed by atoms with Crippen LogP contribution < -0.4 is 5.32 Å². The van der Waals surface area contributed by atoms with Crippen molar-refractivity contribution in [3.63, 3.8) is 0 Å². The fourth-order valence-electron chi connectivity index (χ4n) is 2.41. The van der Waals surface area contributed by atoms with Crippen LogP contribution in [0.15, 0.2) is 88.7 Å². The molecule has 142 valence electrons. The van der Waals surface area contributed by atoms with Crippen molar-refractivity contribution in [3.8, 4) is 0 Å². The van der Waals surface area contributed by atoms with E-state index in [1.807, 2.05) is 54.6 Å². The van der Waals surface area contributed by atoms with Crippen LogP contribution in [-0.2, 0) is 10.5 Å². The molecule has 0 aliphatic carbocycles. The Hall–Kier alpha value is -2.77. The van der Waals surface area contributed by atoms with Crippen molar-refractivity contribution < 1.29 is 9.72 Å². The molecule has 0 saturated carbocycles. The molecule has 0 radical (unpaired) electrons. The number of carbonyl (C=O) groups is 1. The molecule has 0 fully saturated rings. The second-order valence-corrected chi connectivity index (χ2v) is 8.04. The molecule has 5 nitrogen and oxygen atoms in total. The van der Waals surface area contributed by atoms with Crippen molar-refractivity contribution in [1.29, 1.82) is 0 Å². The highest BCUT2D eigenvalue weighted by Gasteiger charge is 2.06. The quantitative estimate of drug-likeness (QED) is 0.385. The number of non-ortho nitro benzene ring substituents is 1. The number of nitrogens with one attached hydrogen (secondary N) is 1. The molecule has 3 rings (SSSR count). The lowest BCUT2D eigenvalue weighted by Crippen LogP contribution is -2.14. The molecule has 0 heterocycles. The molecular formula is C21H18N2O3S2. The van der Waals surface area contributed by atoms with Crippen LogP contribution in [-0.4, -0.2) is 16.6 Å². The van der Waals surface area contributed by atoms with Gasteiger partial charge in [-0.2, -0.15) is 0 Å². The van der Waals surface area contributed by atoms with Crippen LogP contribution in [0.1, 0.15) is 5.56 Å². The van der Waals surface area contributed by atoms with Gasteiger partial charge in [0.1, 0.15) is 0 Å². The topological polar surface area (TPSA) is 72.2 Å². The maximum absolute atomic E-state index is 12.1. The molecule has 3 aromatic rings. The van der Waals surface area contributed by atoms with Crippen LogP contribution in [0.25, 0.3) is 0 Å². The molecule has 0 spiro atoms. The highest BCUT2D eigenvalue weighted by Crippen LogP contribution is 2.29. The van der Waals surface area contributed by atoms with Crippen LogP contribution in [0.3, 0.4) is 0 Å². The van der Waals surface area contributed by atoms with E-state index in [9.17, 15) is 14.9 Å². The Bertz CT molecular complexity index is 930. The van der Waals surface area contributed by atoms with Gasteiger partial charge in [0.05, 0.1) is 10.7 Å². The number of amides is 1. The number of rotatable bonds is 8. The second-order valence-electron chi connectivity index (χ2n) is 5.90. The first-order valence-electron chi connectivity index (χ1n) is 8.54. The lowest BCUT2D eigenvalue weighted by Gasteiger charge is -2.07. The molecular weight excluding hydrogens is 392 g/mol. The number of hydrogen-bond acceptors (Lipinski definition) is 5. The van der Waals surface area contributed by atoms with Gasteiger partial charge >= 0.3 is 0 Å². The number of nitro groups is 1. The third kappa shape index (κ3) is 6.14. The van der Waals surface area contributed by atoms with Crippen molar-refractivity contribution in [1.82, 2.24) is 0 Å². The van der Waals surface area contributed by atoms with Crippen LogP contribution in [0.4, 0.5) is 11.4 Å². The predicted molar refractivity (Wildman–Crippen MR) is 115 cm³/mol. The molecule has 0 aromatic heterocycles. The van der Waals surface area contributed by atoms with Gasteiger partial charge in [0, 0.05) is 33.4 Å². The average Bonchev–Trinajstić information content (AvgIpc) is 2.71. The number of carbonyl (C=O) groups excluding carboxylic acids is 1. The van der Waals surface area contributed by atoms with E-state index in [-0.39, 0.29) is 11.6 Å². The first-order valence-corrected chi connectivity index (χ1v) is 10.5. The van der Waals surface area contributed by atoms with Gasteiger partial charge in [-0.15, -0.1) is 11.8 Å². The maximum Gasteiger partial charge on any atom is 0.269 e. The molecule has 0 atom stereocenters. The largest absolute Gasteiger partial charge is 0.325 e. The Balaban J connectivity index is 1.47. The summed E-state index contributed by atoms with van der Waals surface area (Å²) in [5.41, 5.74) is 2.03. The Morgan fingerprint density at radius 1 is 0.893 bits per heavy atom. The van der Waals surface area contributed by atoms with E-state index in [0.29, 0.717) is 5.75 Å². The van der Waals surface area contributed by atoms with Gasteiger partial charge in [-0.3, -0.25) is 14.9 Å². The number of benzene rings is 3. The second kappa shape index (κ2) is 9.96. The summed E-state index contributed by atoms with van der Waals surface area (Å²) >= 11 is 3.09. The zero-order valence-corrected chi connectivity index (χ0v) is 16.5. The van der Waals surface area contributed by atoms with Crippen molar-refractivity contribution >= 4 is 40.8 Å². The minimum Gasteiger partial charge on any atom is -0.325 e. The third-order valence-corrected chi connectivity index (χ3v) is 5.79. The minimum absolute atomic E-state index is 0.0308. The Morgan fingerprint density at radius 3 is 2.11 bits per heavy atom. The molecule has 0 unspecified atom stereocenters. The van der Waals surface area contributed by atoms with Crippen LogP contribution in [0.5, 0.6) is 0 Å². The van der Waals surface area contributed by atoms with E-state index in [4.69, 9.17) is 0 Å². The van der Waals surface area contributed by atoms with E-state index < -0.39 is 4.92 Å². The molecule has 3 aromatic carbocycles. The monoisotopic (exact) mass is 410 g/mol. The maximum atomic E-state index is 12.1. The summed E-state index contributed by atoms with van der Waals surface area (Å²) in [6.45, 7) is 0. The first kappa shape index (κ1) is 20.0. The SMILES string of the molecule is O=C(CSCc1ccccc1)Nc1ccc(Sc2ccc([N+](=O)[O-])cc2)cc1. The lowest BCUT2D eigenvalue weighted by molar-refractivity contribution is -0.384. The standard InChI is InChI=1S/C21H18N2O3S2/c24-21(15-27-14-16-4-2-1-3-5-16)22-17-6-10-19(11-7-17)28-20-12-8-18(9-13-20)23(25)26/h1-13H,14-15H2,(H,22,24). The van der Waals surface area contributed by atoms with Gasteiger partial charge in [-0.1, -0.05) is 42.1 Å². The molecule has 1 N–H and O–H groups in total. The summed E-state index contributed by atoms with van der Waals surface area (Å²) in [4.78, 5) is 24.3. The van der Waals surface area contributed by atoms with E-state index >= 15 is 0 Å². The third-order valence-electron chi connectivity index (χ3n) is 3.77. The molecule has 1 amide bonds. The van der Waals surface area contributed by atoms with Crippen molar-refractivity contribution in [2.75, 3.05) is 11.1 Å². The molecule has 0 aliphatic heterocycles. The highest BCUT2D eigenvalue weighted by atomic mass is 32.2. The summed E-state index contributed by atoms with van der Waals surface area (Å²) in [6, 6.07) is 24.0. The van der Waals surface area contributed by atoms with E-state index in [1.165, 1.54) is 29.5 Å². The smallest absolute Gasteiger partial charge is 0.269 e. The van der Waals surface area contributed by atoms with Crippen molar-refractivity contribution in [3.05, 3.63) is 94.5 Å². The van der Waals surface area contributed by atoms with Crippen LogP contribution >= 0.6 is 23.5 Å². The van der Waals surface area contributed by atoms with Crippen LogP contribution in [0, 0.1) is 10.1 Å². The number of nitrogens with zero attached hydrogens (tertiary/aromatic N) is 1. The number of hydrogen-bond donors (Lipinski definition) is 1. The molecule has 28 heavy (non-hydrogen) atoms. The van der Waals surface area contributed by atoms with E-state index in [0.717, 1.165) is 21.2 Å². The zero-order valence-electron chi connectivity index (χ0n) is 14.9. The van der Waals surface area contributed by atoms with Gasteiger partial charge < -0.3 is 5.32 Å². The number of thioether (sulfide) groups is 1. The normalized spacial score (nSPS) is 10.4. The average molecular weight is 411 g/mol. The van der Waals surface area contributed by atoms with Gasteiger partial charge in [-0.25, -0.2) is 0 Å². The highest BCUT2D eigenvalue weighted by molar-refractivity contribution is 7.99. The molecule has 0 aliphatic rings. The fourth-order valence-corrected chi connectivity index (χ4v) is 4.02. The fraction of sp³-hybridized carbons (Fsp3) is 0.0952. The Morgan fingerprint density at radius 2 is 1.50 bits per heavy atom. The van der Waals surface area contributed by atoms with Gasteiger partial charge in [-0.05, 0) is 42.0 Å². The van der Waals surface area contributed by atoms with Gasteiger partial charge in [0.15, 0.2) is 0 Å². The summed E-state index contributed by atoms with van der Waals surface area (Å²) in [5.74, 6) is 1.17. The van der Waals surface area contributed by atoms with Gasteiger partial charge in [0.2, 0.25) is 5.91 Å². The molecule has 7 heteroatoms. The Labute approximate surface area is 171 Å². The summed E-state index contributed by atoms with van der Waals surface area (Å²) in [6.07, 6.45) is 0. The van der Waals surface area contributed by atoms with E-state index in [2.05, 4.69) is 5.32 Å². The zero-order chi connectivity index (χ0) is 19.8. The summed E-state index contributed by atoms with van der Waals surface area (Å²) in [7, 11) is 0. The summed E-state index contributed by atoms with van der Waals surface area (Å²) < 4.78 is 0. The summed E-state index contributed by atoms with van der Waals surface area (Å²) in [5, 5.41) is 13.6. The van der Waals surface area contributed by atoms with Crippen LogP contribution in [0.2, 0.25) is 0 Å². The minimum atomic E-state index is -0.413. The van der Waals surface area contributed by atoms with Gasteiger partial charge in [0.25, 0.3) is 5.69 Å². The number of anilines is 1. The lowest BCUT2D eigenvalue weighted by atomic mass is 10.2. The predicted octanol–water partition coefficient (Wildman–Crippen LogP) is 5.62. The first-order chi connectivity index (χ1) is 13.6. The molecule has 0 bridgehead atoms. The molecule has 0 saturated heterocycles. The Kier molecular flexibility index (Phi) is 7.11. The van der Waals surface area contributed by atoms with E-state index in [1.54, 1.807) is 23.9 Å². The van der Waals surface area contributed by atoms with Crippen molar-refractivity contribution in [2.45, 2.75) is 15.5 Å². The van der Waals surface area contributed by atoms with Crippen molar-refractivity contribution in [2.24, 2.45) is 0 Å². The number of nitro benzene ring substituents is 1.